The standard InChI is InChI=1S/C19H25N3O2/c23-22(24)19-5-2-15(3-6-19)13-20-7-9-21(10-8-20)14-18-12-16-1-4-17(18)11-16/h1-6,16-18H,7-14H2/p+2. The molecule has 2 bridgehead atoms. The SMILES string of the molecule is O=[N+]([O-])c1ccc(C[NH+]2CC[NH+](CC3CC4C=CC3C4)CC2)cc1. The number of nitro benzene ring substituents is 1. The summed E-state index contributed by atoms with van der Waals surface area (Å²) >= 11 is 0. The summed E-state index contributed by atoms with van der Waals surface area (Å²) in [4.78, 5) is 13.8. The molecule has 1 aromatic rings. The highest BCUT2D eigenvalue weighted by Crippen LogP contribution is 2.42. The number of hydrogen-bond donors (Lipinski definition) is 2. The number of fused-ring (bicyclic) bond motifs is 2. The predicted molar refractivity (Wildman–Crippen MR) is 91.9 cm³/mol. The van der Waals surface area contributed by atoms with Gasteiger partial charge in [-0.3, -0.25) is 10.1 Å². The molecular formula is C19H27N3O2+2. The molecule has 2 N–H and O–H groups in total. The van der Waals surface area contributed by atoms with E-state index in [4.69, 9.17) is 0 Å². The molecular weight excluding hydrogens is 302 g/mol. The quantitative estimate of drug-likeness (QED) is 0.457. The lowest BCUT2D eigenvalue weighted by Crippen LogP contribution is -3.27. The zero-order valence-corrected chi connectivity index (χ0v) is 14.1. The van der Waals surface area contributed by atoms with E-state index in [0.29, 0.717) is 0 Å². The van der Waals surface area contributed by atoms with Gasteiger partial charge in [0.15, 0.2) is 0 Å². The minimum atomic E-state index is -0.330. The second kappa shape index (κ2) is 6.65. The molecule has 1 saturated carbocycles. The fraction of sp³-hybridized carbons (Fsp3) is 0.579. The van der Waals surface area contributed by atoms with E-state index in [0.717, 1.165) is 24.3 Å². The Hall–Kier alpha value is -1.72. The lowest BCUT2D eigenvalue weighted by atomic mass is 9.93. The summed E-state index contributed by atoms with van der Waals surface area (Å²) in [5, 5.41) is 10.7. The van der Waals surface area contributed by atoms with Crippen molar-refractivity contribution in [2.45, 2.75) is 19.4 Å². The van der Waals surface area contributed by atoms with Gasteiger partial charge in [0.2, 0.25) is 0 Å². The normalized spacial score (nSPS) is 34.6. The molecule has 1 heterocycles. The number of nitrogens with one attached hydrogen (secondary N) is 2. The molecule has 1 aromatic carbocycles. The Kier molecular flexibility index (Phi) is 4.37. The number of piperazine rings is 1. The highest BCUT2D eigenvalue weighted by atomic mass is 16.6. The van der Waals surface area contributed by atoms with E-state index in [1.54, 1.807) is 21.9 Å². The fourth-order valence-electron chi connectivity index (χ4n) is 4.86. The minimum absolute atomic E-state index is 0.183. The largest absolute Gasteiger partial charge is 0.325 e. The Morgan fingerprint density at radius 1 is 1.00 bits per heavy atom. The summed E-state index contributed by atoms with van der Waals surface area (Å²) in [6.07, 6.45) is 7.73. The third kappa shape index (κ3) is 3.37. The molecule has 2 fully saturated rings. The van der Waals surface area contributed by atoms with Gasteiger partial charge in [-0.25, -0.2) is 0 Å². The summed E-state index contributed by atoms with van der Waals surface area (Å²) in [5.41, 5.74) is 1.39. The van der Waals surface area contributed by atoms with Crippen LogP contribution in [0, 0.1) is 27.9 Å². The van der Waals surface area contributed by atoms with Gasteiger partial charge in [-0.1, -0.05) is 12.2 Å². The van der Waals surface area contributed by atoms with Gasteiger partial charge in [0.05, 0.1) is 11.5 Å². The Labute approximate surface area is 143 Å². The van der Waals surface area contributed by atoms with E-state index in [1.807, 2.05) is 12.1 Å². The van der Waals surface area contributed by atoms with Gasteiger partial charge < -0.3 is 9.80 Å². The number of quaternary nitrogens is 2. The predicted octanol–water partition coefficient (Wildman–Crippen LogP) is 0.0904. The molecule has 1 aliphatic heterocycles. The molecule has 2 aliphatic carbocycles. The topological polar surface area (TPSA) is 52.0 Å². The smallest absolute Gasteiger partial charge is 0.269 e. The van der Waals surface area contributed by atoms with Gasteiger partial charge in [0, 0.05) is 23.6 Å². The number of nitrogens with zero attached hydrogens (tertiary/aromatic N) is 1. The van der Waals surface area contributed by atoms with Crippen LogP contribution >= 0.6 is 0 Å². The summed E-state index contributed by atoms with van der Waals surface area (Å²) in [5.74, 6) is 2.67. The molecule has 128 valence electrons. The van der Waals surface area contributed by atoms with Gasteiger partial charge in [0.25, 0.3) is 5.69 Å². The summed E-state index contributed by atoms with van der Waals surface area (Å²) in [7, 11) is 0. The van der Waals surface area contributed by atoms with Gasteiger partial charge in [0.1, 0.15) is 32.7 Å². The van der Waals surface area contributed by atoms with Crippen molar-refractivity contribution in [3.8, 4) is 0 Å². The average molecular weight is 329 g/mol. The van der Waals surface area contributed by atoms with Crippen molar-refractivity contribution in [1.29, 1.82) is 0 Å². The van der Waals surface area contributed by atoms with Crippen LogP contribution in [0.15, 0.2) is 36.4 Å². The molecule has 4 rings (SSSR count). The monoisotopic (exact) mass is 329 g/mol. The molecule has 0 amide bonds. The molecule has 3 aliphatic rings. The van der Waals surface area contributed by atoms with E-state index >= 15 is 0 Å². The number of hydrogen-bond acceptors (Lipinski definition) is 2. The average Bonchev–Trinajstić information content (AvgIpc) is 3.20. The van der Waals surface area contributed by atoms with E-state index in [2.05, 4.69) is 12.2 Å². The number of allylic oxidation sites excluding steroid dienone is 2. The number of benzene rings is 1. The highest BCUT2D eigenvalue weighted by Gasteiger charge is 2.38. The molecule has 5 heteroatoms. The number of nitro groups is 1. The molecule has 3 unspecified atom stereocenters. The molecule has 0 radical (unpaired) electrons. The molecule has 3 atom stereocenters. The third-order valence-corrected chi connectivity index (χ3v) is 6.23. The third-order valence-electron chi connectivity index (χ3n) is 6.23. The highest BCUT2D eigenvalue weighted by molar-refractivity contribution is 5.32. The molecule has 0 spiro atoms. The summed E-state index contributed by atoms with van der Waals surface area (Å²) in [6, 6.07) is 7.07. The maximum absolute atomic E-state index is 10.7. The number of non-ortho nitro benzene ring substituents is 1. The van der Waals surface area contributed by atoms with Crippen LogP contribution < -0.4 is 9.80 Å². The van der Waals surface area contributed by atoms with Gasteiger partial charge in [-0.2, -0.15) is 0 Å². The molecule has 1 saturated heterocycles. The first kappa shape index (κ1) is 15.8. The van der Waals surface area contributed by atoms with Crippen molar-refractivity contribution in [3.05, 3.63) is 52.1 Å². The van der Waals surface area contributed by atoms with Crippen molar-refractivity contribution in [1.82, 2.24) is 0 Å². The van der Waals surface area contributed by atoms with Crippen molar-refractivity contribution in [2.75, 3.05) is 32.7 Å². The van der Waals surface area contributed by atoms with Gasteiger partial charge in [-0.05, 0) is 36.8 Å². The van der Waals surface area contributed by atoms with Gasteiger partial charge >= 0.3 is 0 Å². The minimum Gasteiger partial charge on any atom is -0.325 e. The van der Waals surface area contributed by atoms with Crippen LogP contribution in [0.25, 0.3) is 0 Å². The van der Waals surface area contributed by atoms with Crippen molar-refractivity contribution >= 4 is 5.69 Å². The Morgan fingerprint density at radius 3 is 2.29 bits per heavy atom. The van der Waals surface area contributed by atoms with Crippen LogP contribution in [0.5, 0.6) is 0 Å². The van der Waals surface area contributed by atoms with Crippen LogP contribution in [0.4, 0.5) is 5.69 Å². The van der Waals surface area contributed by atoms with Crippen LogP contribution in [0.3, 0.4) is 0 Å². The Morgan fingerprint density at radius 2 is 1.71 bits per heavy atom. The van der Waals surface area contributed by atoms with Crippen molar-refractivity contribution in [2.24, 2.45) is 17.8 Å². The van der Waals surface area contributed by atoms with Crippen LogP contribution in [0.2, 0.25) is 0 Å². The van der Waals surface area contributed by atoms with Crippen LogP contribution in [-0.4, -0.2) is 37.6 Å². The number of rotatable bonds is 5. The lowest BCUT2D eigenvalue weighted by molar-refractivity contribution is -1.02. The van der Waals surface area contributed by atoms with E-state index < -0.39 is 0 Å². The maximum Gasteiger partial charge on any atom is 0.269 e. The second-order valence-electron chi connectivity index (χ2n) is 7.84. The van der Waals surface area contributed by atoms with E-state index in [1.165, 1.54) is 51.1 Å². The first-order valence-corrected chi connectivity index (χ1v) is 9.26. The molecule has 5 nitrogen and oxygen atoms in total. The second-order valence-corrected chi connectivity index (χ2v) is 7.84. The zero-order valence-electron chi connectivity index (χ0n) is 14.1. The fourth-order valence-corrected chi connectivity index (χ4v) is 4.86. The first-order valence-electron chi connectivity index (χ1n) is 9.26. The molecule has 24 heavy (non-hydrogen) atoms. The zero-order chi connectivity index (χ0) is 16.5. The summed E-state index contributed by atoms with van der Waals surface area (Å²) < 4.78 is 0. The summed E-state index contributed by atoms with van der Waals surface area (Å²) in [6.45, 7) is 7.30. The van der Waals surface area contributed by atoms with Crippen LogP contribution in [-0.2, 0) is 6.54 Å². The Bertz CT molecular complexity index is 620. The van der Waals surface area contributed by atoms with E-state index in [-0.39, 0.29) is 10.6 Å². The van der Waals surface area contributed by atoms with Crippen molar-refractivity contribution in [3.63, 3.8) is 0 Å². The lowest BCUT2D eigenvalue weighted by Gasteiger charge is -2.32. The molecule has 0 aromatic heterocycles. The van der Waals surface area contributed by atoms with Gasteiger partial charge in [-0.15, -0.1) is 0 Å². The Balaban J connectivity index is 1.24. The van der Waals surface area contributed by atoms with E-state index in [9.17, 15) is 10.1 Å². The van der Waals surface area contributed by atoms with Crippen molar-refractivity contribution < 1.29 is 14.7 Å². The van der Waals surface area contributed by atoms with Crippen LogP contribution in [0.1, 0.15) is 18.4 Å². The maximum atomic E-state index is 10.7. The first-order chi connectivity index (χ1) is 11.7.